The molecule has 0 bridgehead atoms. The van der Waals surface area contributed by atoms with Crippen molar-refractivity contribution in [2.45, 2.75) is 5.16 Å². The highest BCUT2D eigenvalue weighted by Gasteiger charge is 2.17. The number of para-hydroxylation sites is 2. The number of hydrogen-bond donors (Lipinski definition) is 1. The van der Waals surface area contributed by atoms with Crippen LogP contribution in [0.3, 0.4) is 0 Å². The molecule has 0 atom stereocenters. The van der Waals surface area contributed by atoms with Gasteiger partial charge in [-0.15, -0.1) is 0 Å². The highest BCUT2D eigenvalue weighted by atomic mass is 32.2. The van der Waals surface area contributed by atoms with Crippen molar-refractivity contribution < 1.29 is 4.79 Å². The number of hydrogen-bond acceptors (Lipinski definition) is 6. The summed E-state index contributed by atoms with van der Waals surface area (Å²) in [6.07, 6.45) is 0. The summed E-state index contributed by atoms with van der Waals surface area (Å²) in [6.45, 7) is 0. The highest BCUT2D eigenvalue weighted by molar-refractivity contribution is 7.99. The topological polar surface area (TPSA) is 68.9 Å². The normalized spacial score (nSPS) is 10.9. The Morgan fingerprint density at radius 1 is 1.14 bits per heavy atom. The number of carbonyl (C=O) groups excluding carboxylic acids is 1. The molecule has 0 unspecified atom stereocenters. The van der Waals surface area contributed by atoms with Crippen molar-refractivity contribution in [3.8, 4) is 5.69 Å². The fraction of sp³-hybridized carbons (Fsp3) is 0.100. The summed E-state index contributed by atoms with van der Waals surface area (Å²) in [5.74, 6) is -0.0302. The maximum atomic E-state index is 12.8. The molecule has 0 spiro atoms. The minimum absolute atomic E-state index is 0.136. The molecule has 4 rings (SSSR count). The Bertz CT molecular complexity index is 1290. The molecule has 0 saturated heterocycles. The lowest BCUT2D eigenvalue weighted by Crippen LogP contribution is -2.21. The van der Waals surface area contributed by atoms with Crippen LogP contribution in [0.4, 0.5) is 5.69 Å². The zero-order chi connectivity index (χ0) is 20.4. The number of nitrogens with zero attached hydrogens (tertiary/aromatic N) is 3. The number of carbonyl (C=O) groups is 1. The maximum absolute atomic E-state index is 12.8. The van der Waals surface area contributed by atoms with Gasteiger partial charge in [-0.25, -0.2) is 4.98 Å². The number of amides is 1. The number of benzene rings is 2. The zero-order valence-corrected chi connectivity index (χ0v) is 17.8. The van der Waals surface area contributed by atoms with E-state index < -0.39 is 0 Å². The van der Waals surface area contributed by atoms with E-state index in [0.717, 1.165) is 11.4 Å². The summed E-state index contributed by atoms with van der Waals surface area (Å²) in [5.41, 5.74) is 1.92. The van der Waals surface area contributed by atoms with Gasteiger partial charge in [-0.2, -0.15) is 0 Å². The second-order valence-electron chi connectivity index (χ2n) is 6.15. The molecule has 29 heavy (non-hydrogen) atoms. The second kappa shape index (κ2) is 8.32. The molecule has 0 saturated carbocycles. The lowest BCUT2D eigenvalue weighted by atomic mass is 10.3. The van der Waals surface area contributed by atoms with Crippen molar-refractivity contribution in [2.75, 3.05) is 11.1 Å². The van der Waals surface area contributed by atoms with E-state index in [2.05, 4.69) is 10.3 Å². The van der Waals surface area contributed by atoms with Gasteiger partial charge in [0.1, 0.15) is 4.70 Å². The standard InChI is InChI=1S/C20H16N4O2S3/c1-23-18(26)16-17(24(20(27)29-16)14-10-6-3-7-11-14)22-19(23)28-12-15(25)21-13-8-4-2-5-9-13/h2-11H,12H2,1H3,(H,21,25). The third-order valence-corrected chi connectivity index (χ3v) is 6.56. The van der Waals surface area contributed by atoms with Gasteiger partial charge in [0.25, 0.3) is 5.56 Å². The predicted molar refractivity (Wildman–Crippen MR) is 121 cm³/mol. The van der Waals surface area contributed by atoms with Crippen LogP contribution < -0.4 is 10.9 Å². The molecule has 2 heterocycles. The number of nitrogens with one attached hydrogen (secondary N) is 1. The Morgan fingerprint density at radius 2 is 1.79 bits per heavy atom. The van der Waals surface area contributed by atoms with Crippen LogP contribution in [0.2, 0.25) is 0 Å². The van der Waals surface area contributed by atoms with Crippen LogP contribution in [-0.2, 0) is 11.8 Å². The Labute approximate surface area is 179 Å². The Hall–Kier alpha value is -2.75. The van der Waals surface area contributed by atoms with Crippen molar-refractivity contribution in [3.63, 3.8) is 0 Å². The van der Waals surface area contributed by atoms with E-state index in [9.17, 15) is 9.59 Å². The van der Waals surface area contributed by atoms with Crippen LogP contribution in [-0.4, -0.2) is 25.8 Å². The van der Waals surface area contributed by atoms with Crippen molar-refractivity contribution in [2.24, 2.45) is 7.05 Å². The minimum Gasteiger partial charge on any atom is -0.325 e. The van der Waals surface area contributed by atoms with Gasteiger partial charge in [-0.05, 0) is 36.5 Å². The molecular weight excluding hydrogens is 424 g/mol. The molecule has 4 aromatic rings. The summed E-state index contributed by atoms with van der Waals surface area (Å²) in [4.78, 5) is 29.8. The van der Waals surface area contributed by atoms with Gasteiger partial charge < -0.3 is 5.32 Å². The number of thioether (sulfide) groups is 1. The Morgan fingerprint density at radius 3 is 2.48 bits per heavy atom. The minimum atomic E-state index is -0.174. The Kier molecular flexibility index (Phi) is 5.61. The first-order valence-corrected chi connectivity index (χ1v) is 10.9. The smallest absolute Gasteiger partial charge is 0.273 e. The van der Waals surface area contributed by atoms with E-state index in [1.165, 1.54) is 27.7 Å². The van der Waals surface area contributed by atoms with Gasteiger partial charge in [-0.3, -0.25) is 18.7 Å². The predicted octanol–water partition coefficient (Wildman–Crippen LogP) is 4.25. The van der Waals surface area contributed by atoms with Crippen LogP contribution in [0.1, 0.15) is 0 Å². The van der Waals surface area contributed by atoms with E-state index in [4.69, 9.17) is 12.2 Å². The number of anilines is 1. The summed E-state index contributed by atoms with van der Waals surface area (Å²) >= 11 is 7.94. The molecule has 2 aromatic heterocycles. The number of fused-ring (bicyclic) bond motifs is 1. The van der Waals surface area contributed by atoms with Crippen LogP contribution in [0.25, 0.3) is 16.0 Å². The first-order chi connectivity index (χ1) is 14.0. The van der Waals surface area contributed by atoms with Gasteiger partial charge in [0.2, 0.25) is 5.91 Å². The van der Waals surface area contributed by atoms with Crippen LogP contribution >= 0.6 is 35.3 Å². The SMILES string of the molecule is Cn1c(SCC(=O)Nc2ccccc2)nc2c(sc(=S)n2-c2ccccc2)c1=O. The highest BCUT2D eigenvalue weighted by Crippen LogP contribution is 2.25. The third-order valence-electron chi connectivity index (χ3n) is 4.18. The molecule has 0 fully saturated rings. The van der Waals surface area contributed by atoms with E-state index in [1.54, 1.807) is 11.6 Å². The van der Waals surface area contributed by atoms with Gasteiger partial charge >= 0.3 is 0 Å². The third kappa shape index (κ3) is 4.02. The monoisotopic (exact) mass is 440 g/mol. The van der Waals surface area contributed by atoms with E-state index in [1.807, 2.05) is 60.7 Å². The quantitative estimate of drug-likeness (QED) is 0.286. The summed E-state index contributed by atoms with van der Waals surface area (Å²) < 4.78 is 4.31. The number of thiazole rings is 1. The van der Waals surface area contributed by atoms with Crippen molar-refractivity contribution in [1.82, 2.24) is 14.1 Å². The summed E-state index contributed by atoms with van der Waals surface area (Å²) in [5, 5.41) is 3.29. The van der Waals surface area contributed by atoms with Crippen LogP contribution in [0.5, 0.6) is 0 Å². The molecule has 0 aliphatic rings. The van der Waals surface area contributed by atoms with Gasteiger partial charge in [-0.1, -0.05) is 59.5 Å². The molecular formula is C20H16N4O2S3. The molecule has 1 amide bonds. The molecule has 9 heteroatoms. The lowest BCUT2D eigenvalue weighted by Gasteiger charge is -2.09. The molecule has 6 nitrogen and oxygen atoms in total. The van der Waals surface area contributed by atoms with Gasteiger partial charge in [0.05, 0.1) is 5.75 Å². The van der Waals surface area contributed by atoms with Crippen molar-refractivity contribution in [1.29, 1.82) is 0 Å². The van der Waals surface area contributed by atoms with Crippen LogP contribution in [0.15, 0.2) is 70.6 Å². The largest absolute Gasteiger partial charge is 0.325 e. The number of rotatable bonds is 5. The zero-order valence-electron chi connectivity index (χ0n) is 15.4. The summed E-state index contributed by atoms with van der Waals surface area (Å²) in [6, 6.07) is 18.8. The summed E-state index contributed by atoms with van der Waals surface area (Å²) in [7, 11) is 1.65. The van der Waals surface area contributed by atoms with E-state index in [0.29, 0.717) is 19.5 Å². The van der Waals surface area contributed by atoms with Crippen molar-refractivity contribution >= 4 is 57.3 Å². The van der Waals surface area contributed by atoms with Crippen LogP contribution in [0, 0.1) is 3.95 Å². The van der Waals surface area contributed by atoms with E-state index in [-0.39, 0.29) is 17.2 Å². The fourth-order valence-electron chi connectivity index (χ4n) is 2.79. The first kappa shape index (κ1) is 19.6. The first-order valence-electron chi connectivity index (χ1n) is 8.70. The molecule has 0 aliphatic heterocycles. The number of aromatic nitrogens is 3. The lowest BCUT2D eigenvalue weighted by molar-refractivity contribution is -0.113. The average molecular weight is 441 g/mol. The molecule has 146 valence electrons. The molecule has 2 aromatic carbocycles. The molecule has 1 N–H and O–H groups in total. The Balaban J connectivity index is 1.66. The molecule has 0 aliphatic carbocycles. The fourth-order valence-corrected chi connectivity index (χ4v) is 4.91. The van der Waals surface area contributed by atoms with E-state index >= 15 is 0 Å². The second-order valence-corrected chi connectivity index (χ2v) is 8.74. The molecule has 0 radical (unpaired) electrons. The van der Waals surface area contributed by atoms with Gasteiger partial charge in [0.15, 0.2) is 14.8 Å². The van der Waals surface area contributed by atoms with Gasteiger partial charge in [0, 0.05) is 18.4 Å². The maximum Gasteiger partial charge on any atom is 0.273 e. The van der Waals surface area contributed by atoms with Crippen molar-refractivity contribution in [3.05, 3.63) is 75.0 Å². The average Bonchev–Trinajstić information content (AvgIpc) is 3.07.